The first-order chi connectivity index (χ1) is 10.2. The Kier molecular flexibility index (Phi) is 8.32. The van der Waals surface area contributed by atoms with Crippen molar-refractivity contribution in [3.63, 3.8) is 0 Å². The molecule has 0 aromatic heterocycles. The summed E-state index contributed by atoms with van der Waals surface area (Å²) < 4.78 is 27.9. The van der Waals surface area contributed by atoms with E-state index in [1.165, 1.54) is 0 Å². The highest BCUT2D eigenvalue weighted by atomic mass is 32.2. The predicted molar refractivity (Wildman–Crippen MR) is 100 cm³/mol. The van der Waals surface area contributed by atoms with Crippen molar-refractivity contribution in [2.45, 2.75) is 56.1 Å². The number of sulfonamides is 1. The van der Waals surface area contributed by atoms with Gasteiger partial charge in [0.15, 0.2) is 0 Å². The monoisotopic (exact) mass is 361 g/mol. The highest BCUT2D eigenvalue weighted by Crippen LogP contribution is 2.18. The van der Waals surface area contributed by atoms with E-state index in [4.69, 9.17) is 0 Å². The SMILES string of the molecule is Cc1ccc(S(=O)(=O)NC(CSC(C)C)CSC(C)C)cc1. The molecule has 0 fully saturated rings. The summed E-state index contributed by atoms with van der Waals surface area (Å²) in [5, 5.41) is 0.992. The van der Waals surface area contributed by atoms with Crippen molar-refractivity contribution in [3.8, 4) is 0 Å². The van der Waals surface area contributed by atoms with Crippen LogP contribution in [-0.4, -0.2) is 36.5 Å². The average molecular weight is 362 g/mol. The molecule has 0 radical (unpaired) electrons. The van der Waals surface area contributed by atoms with Gasteiger partial charge in [-0.15, -0.1) is 0 Å². The van der Waals surface area contributed by atoms with Gasteiger partial charge in [-0.3, -0.25) is 0 Å². The van der Waals surface area contributed by atoms with Crippen LogP contribution in [0.1, 0.15) is 33.3 Å². The number of hydrogen-bond donors (Lipinski definition) is 1. The Morgan fingerprint density at radius 1 is 0.955 bits per heavy atom. The van der Waals surface area contributed by atoms with Crippen LogP contribution in [0, 0.1) is 6.92 Å². The Morgan fingerprint density at radius 3 is 1.82 bits per heavy atom. The van der Waals surface area contributed by atoms with Crippen molar-refractivity contribution < 1.29 is 8.42 Å². The maximum atomic E-state index is 12.5. The van der Waals surface area contributed by atoms with E-state index in [0.29, 0.717) is 15.4 Å². The topological polar surface area (TPSA) is 46.2 Å². The van der Waals surface area contributed by atoms with Crippen LogP contribution in [-0.2, 0) is 10.0 Å². The Morgan fingerprint density at radius 2 is 1.41 bits per heavy atom. The Labute approximate surface area is 144 Å². The molecule has 6 heteroatoms. The number of hydrogen-bond acceptors (Lipinski definition) is 4. The molecule has 0 bridgehead atoms. The highest BCUT2D eigenvalue weighted by molar-refractivity contribution is 8.00. The predicted octanol–water partition coefficient (Wildman–Crippen LogP) is 3.93. The molecular weight excluding hydrogens is 334 g/mol. The third-order valence-corrected chi connectivity index (χ3v) is 6.97. The van der Waals surface area contributed by atoms with Gasteiger partial charge in [0.25, 0.3) is 0 Å². The lowest BCUT2D eigenvalue weighted by Crippen LogP contribution is -2.39. The second-order valence-electron chi connectivity index (χ2n) is 5.90. The van der Waals surface area contributed by atoms with Crippen LogP contribution < -0.4 is 4.72 Å². The second-order valence-corrected chi connectivity index (χ2v) is 10.8. The summed E-state index contributed by atoms with van der Waals surface area (Å²) >= 11 is 3.58. The Balaban J connectivity index is 2.78. The number of rotatable bonds is 9. The van der Waals surface area contributed by atoms with Gasteiger partial charge in [0.1, 0.15) is 0 Å². The standard InChI is InChI=1S/C16H27NO2S3/c1-12(2)20-10-15(11-21-13(3)4)17-22(18,19)16-8-6-14(5)7-9-16/h6-9,12-13,15,17H,10-11H2,1-5H3. The van der Waals surface area contributed by atoms with E-state index in [2.05, 4.69) is 32.4 Å². The van der Waals surface area contributed by atoms with Gasteiger partial charge >= 0.3 is 0 Å². The van der Waals surface area contributed by atoms with Crippen molar-refractivity contribution in [3.05, 3.63) is 29.8 Å². The van der Waals surface area contributed by atoms with E-state index in [-0.39, 0.29) is 6.04 Å². The van der Waals surface area contributed by atoms with Crippen molar-refractivity contribution >= 4 is 33.5 Å². The van der Waals surface area contributed by atoms with Crippen LogP contribution in [0.3, 0.4) is 0 Å². The zero-order chi connectivity index (χ0) is 16.8. The minimum atomic E-state index is -3.45. The molecule has 0 aliphatic carbocycles. The van der Waals surface area contributed by atoms with Crippen LogP contribution in [0.25, 0.3) is 0 Å². The van der Waals surface area contributed by atoms with Crippen LogP contribution in [0.4, 0.5) is 0 Å². The third-order valence-electron chi connectivity index (χ3n) is 2.91. The van der Waals surface area contributed by atoms with E-state index in [1.54, 1.807) is 35.7 Å². The molecule has 126 valence electrons. The van der Waals surface area contributed by atoms with E-state index >= 15 is 0 Å². The average Bonchev–Trinajstić information content (AvgIpc) is 2.42. The molecule has 0 atom stereocenters. The molecule has 0 spiro atoms. The molecular formula is C16H27NO2S3. The van der Waals surface area contributed by atoms with Gasteiger partial charge in [0.05, 0.1) is 4.90 Å². The minimum absolute atomic E-state index is 0.0499. The third kappa shape index (κ3) is 7.40. The van der Waals surface area contributed by atoms with Crippen LogP contribution in [0.2, 0.25) is 0 Å². The summed E-state index contributed by atoms with van der Waals surface area (Å²) in [6.07, 6.45) is 0. The maximum Gasteiger partial charge on any atom is 0.240 e. The van der Waals surface area contributed by atoms with E-state index < -0.39 is 10.0 Å². The fourth-order valence-electron chi connectivity index (χ4n) is 1.74. The summed E-state index contributed by atoms with van der Waals surface area (Å²) in [4.78, 5) is 0.340. The highest BCUT2D eigenvalue weighted by Gasteiger charge is 2.20. The molecule has 0 saturated carbocycles. The number of nitrogens with one attached hydrogen (secondary N) is 1. The smallest absolute Gasteiger partial charge is 0.207 e. The van der Waals surface area contributed by atoms with Gasteiger partial charge in [0.2, 0.25) is 10.0 Å². The van der Waals surface area contributed by atoms with Crippen molar-refractivity contribution in [1.29, 1.82) is 0 Å². The van der Waals surface area contributed by atoms with Crippen molar-refractivity contribution in [2.24, 2.45) is 0 Å². The van der Waals surface area contributed by atoms with Gasteiger partial charge in [0, 0.05) is 17.5 Å². The molecule has 0 unspecified atom stereocenters. The lowest BCUT2D eigenvalue weighted by Gasteiger charge is -2.20. The van der Waals surface area contributed by atoms with E-state index in [1.807, 2.05) is 19.1 Å². The molecule has 0 heterocycles. The molecule has 1 aromatic rings. The summed E-state index contributed by atoms with van der Waals surface area (Å²) in [6.45, 7) is 10.5. The number of benzene rings is 1. The first-order valence-corrected chi connectivity index (χ1v) is 11.1. The number of aryl methyl sites for hydroxylation is 1. The quantitative estimate of drug-likeness (QED) is 0.724. The fourth-order valence-corrected chi connectivity index (χ4v) is 4.97. The zero-order valence-electron chi connectivity index (χ0n) is 14.0. The Hall–Kier alpha value is -0.170. The number of thioether (sulfide) groups is 2. The second kappa shape index (κ2) is 9.21. The van der Waals surface area contributed by atoms with Crippen LogP contribution in [0.15, 0.2) is 29.2 Å². The van der Waals surface area contributed by atoms with Gasteiger partial charge in [-0.2, -0.15) is 23.5 Å². The molecule has 1 rings (SSSR count). The van der Waals surface area contributed by atoms with Crippen molar-refractivity contribution in [1.82, 2.24) is 4.72 Å². The minimum Gasteiger partial charge on any atom is -0.207 e. The molecule has 0 amide bonds. The summed E-state index contributed by atoms with van der Waals surface area (Å²) in [7, 11) is -3.45. The maximum absolute atomic E-state index is 12.5. The molecule has 1 N–H and O–H groups in total. The van der Waals surface area contributed by atoms with Gasteiger partial charge in [-0.1, -0.05) is 45.4 Å². The first kappa shape index (κ1) is 19.9. The molecule has 0 aliphatic rings. The lowest BCUT2D eigenvalue weighted by molar-refractivity contribution is 0.572. The van der Waals surface area contributed by atoms with Gasteiger partial charge < -0.3 is 0 Å². The largest absolute Gasteiger partial charge is 0.240 e. The van der Waals surface area contributed by atoms with E-state index in [9.17, 15) is 8.42 Å². The van der Waals surface area contributed by atoms with Crippen molar-refractivity contribution in [2.75, 3.05) is 11.5 Å². The van der Waals surface area contributed by atoms with Gasteiger partial charge in [-0.05, 0) is 29.6 Å². The lowest BCUT2D eigenvalue weighted by atomic mass is 10.2. The summed E-state index contributed by atoms with van der Waals surface area (Å²) in [5.41, 5.74) is 1.06. The van der Waals surface area contributed by atoms with Crippen LogP contribution in [0.5, 0.6) is 0 Å². The first-order valence-electron chi connectivity index (χ1n) is 7.53. The molecule has 3 nitrogen and oxygen atoms in total. The molecule has 0 aliphatic heterocycles. The normalized spacial score (nSPS) is 12.5. The molecule has 22 heavy (non-hydrogen) atoms. The fraction of sp³-hybridized carbons (Fsp3) is 0.625. The van der Waals surface area contributed by atoms with Gasteiger partial charge in [-0.25, -0.2) is 13.1 Å². The summed E-state index contributed by atoms with van der Waals surface area (Å²) in [6, 6.07) is 6.94. The molecule has 0 saturated heterocycles. The van der Waals surface area contributed by atoms with Crippen LogP contribution >= 0.6 is 23.5 Å². The Bertz CT molecular complexity index is 527. The van der Waals surface area contributed by atoms with E-state index in [0.717, 1.165) is 17.1 Å². The zero-order valence-corrected chi connectivity index (χ0v) is 16.4. The summed E-state index contributed by atoms with van der Waals surface area (Å²) in [5.74, 6) is 1.59. The molecule has 1 aromatic carbocycles.